The van der Waals surface area contributed by atoms with Gasteiger partial charge in [0.1, 0.15) is 0 Å². The van der Waals surface area contributed by atoms with E-state index >= 15 is 0 Å². The van der Waals surface area contributed by atoms with E-state index in [2.05, 4.69) is 41.5 Å². The summed E-state index contributed by atoms with van der Waals surface area (Å²) in [5.41, 5.74) is 4.00. The Morgan fingerprint density at radius 2 is 1.78 bits per heavy atom. The molecule has 0 bridgehead atoms. The number of carbonyl (C=O) groups is 2. The number of aryl methyl sites for hydroxylation is 2. The van der Waals surface area contributed by atoms with Crippen LogP contribution in [0.2, 0.25) is 0 Å². The largest absolute Gasteiger partial charge is 0.342 e. The highest BCUT2D eigenvalue weighted by Crippen LogP contribution is 2.24. The van der Waals surface area contributed by atoms with Crippen molar-refractivity contribution in [2.75, 3.05) is 18.4 Å². The molecular weight excluding hydrogens is 418 g/mol. The third-order valence-corrected chi connectivity index (χ3v) is 6.88. The van der Waals surface area contributed by atoms with Crippen molar-refractivity contribution in [2.24, 2.45) is 5.92 Å². The van der Waals surface area contributed by atoms with Gasteiger partial charge >= 0.3 is 0 Å². The fourth-order valence-corrected chi connectivity index (χ4v) is 4.77. The molecule has 0 spiro atoms. The predicted octanol–water partition coefficient (Wildman–Crippen LogP) is 5.12. The second-order valence-electron chi connectivity index (χ2n) is 8.49. The first-order valence-electron chi connectivity index (χ1n) is 11.2. The van der Waals surface area contributed by atoms with Crippen LogP contribution in [0.5, 0.6) is 0 Å². The molecule has 1 aliphatic heterocycles. The molecule has 1 aliphatic rings. The fourth-order valence-electron chi connectivity index (χ4n) is 4.07. The summed E-state index contributed by atoms with van der Waals surface area (Å²) in [5.74, 6) is 0.609. The first-order valence-corrected chi connectivity index (χ1v) is 12.1. The zero-order chi connectivity index (χ0) is 22.3. The Kier molecular flexibility index (Phi) is 7.32. The van der Waals surface area contributed by atoms with Crippen LogP contribution >= 0.6 is 11.3 Å². The lowest BCUT2D eigenvalue weighted by Crippen LogP contribution is -2.39. The van der Waals surface area contributed by atoms with Crippen molar-refractivity contribution in [3.63, 3.8) is 0 Å². The van der Waals surface area contributed by atoms with E-state index in [1.807, 2.05) is 28.5 Å². The van der Waals surface area contributed by atoms with Crippen LogP contribution in [0.3, 0.4) is 0 Å². The normalized spacial score (nSPS) is 14.3. The summed E-state index contributed by atoms with van der Waals surface area (Å²) in [6.45, 7) is 3.75. The minimum absolute atomic E-state index is 0.119. The zero-order valence-electron chi connectivity index (χ0n) is 18.4. The van der Waals surface area contributed by atoms with Crippen molar-refractivity contribution >= 4 is 28.3 Å². The molecule has 2 amide bonds. The molecule has 3 aromatic rings. The molecule has 0 atom stereocenters. The van der Waals surface area contributed by atoms with Gasteiger partial charge in [0, 0.05) is 24.0 Å². The van der Waals surface area contributed by atoms with Crippen LogP contribution in [0.25, 0.3) is 0 Å². The number of amides is 2. The first kappa shape index (κ1) is 22.2. The van der Waals surface area contributed by atoms with E-state index in [0.717, 1.165) is 32.4 Å². The van der Waals surface area contributed by atoms with Gasteiger partial charge in [-0.05, 0) is 56.2 Å². The number of hydrogen-bond donors (Lipinski definition) is 1. The maximum absolute atomic E-state index is 12.7. The SMILES string of the molecule is Cc1ccc(CCC2CCN(C(=O)Cc3csc(NC(=O)c4ccccc4)n3)CC2)cc1. The second-order valence-corrected chi connectivity index (χ2v) is 9.35. The minimum atomic E-state index is -0.189. The summed E-state index contributed by atoms with van der Waals surface area (Å²) in [7, 11) is 0. The summed E-state index contributed by atoms with van der Waals surface area (Å²) in [6, 6.07) is 17.8. The molecule has 0 unspecified atom stereocenters. The summed E-state index contributed by atoms with van der Waals surface area (Å²) >= 11 is 1.35. The van der Waals surface area contributed by atoms with Crippen molar-refractivity contribution in [3.05, 3.63) is 82.4 Å². The van der Waals surface area contributed by atoms with Gasteiger partial charge in [-0.15, -0.1) is 11.3 Å². The Morgan fingerprint density at radius 3 is 2.50 bits per heavy atom. The van der Waals surface area contributed by atoms with Crippen molar-refractivity contribution in [3.8, 4) is 0 Å². The highest BCUT2D eigenvalue weighted by molar-refractivity contribution is 7.14. The Balaban J connectivity index is 1.21. The second kappa shape index (κ2) is 10.6. The standard InChI is InChI=1S/C26H29N3O2S/c1-19-7-9-20(10-8-19)11-12-21-13-15-29(16-14-21)24(30)17-23-18-32-26(27-23)28-25(31)22-5-3-2-4-6-22/h2-10,18,21H,11-17H2,1H3,(H,27,28,31). The maximum Gasteiger partial charge on any atom is 0.257 e. The van der Waals surface area contributed by atoms with Crippen molar-refractivity contribution in [1.29, 1.82) is 0 Å². The lowest BCUT2D eigenvalue weighted by molar-refractivity contribution is -0.131. The Labute approximate surface area is 193 Å². The Hall–Kier alpha value is -2.99. The van der Waals surface area contributed by atoms with Gasteiger partial charge in [-0.25, -0.2) is 4.98 Å². The van der Waals surface area contributed by atoms with Crippen LogP contribution in [0, 0.1) is 12.8 Å². The number of nitrogens with zero attached hydrogens (tertiary/aromatic N) is 2. The van der Waals surface area contributed by atoms with Crippen molar-refractivity contribution in [1.82, 2.24) is 9.88 Å². The van der Waals surface area contributed by atoms with Crippen LogP contribution < -0.4 is 5.32 Å². The van der Waals surface area contributed by atoms with Gasteiger partial charge in [0.15, 0.2) is 5.13 Å². The minimum Gasteiger partial charge on any atom is -0.342 e. The number of piperidine rings is 1. The molecule has 4 rings (SSSR count). The molecule has 2 heterocycles. The Bertz CT molecular complexity index is 1040. The lowest BCUT2D eigenvalue weighted by Gasteiger charge is -2.32. The number of rotatable bonds is 7. The molecule has 1 fully saturated rings. The van der Waals surface area contributed by atoms with Crippen LogP contribution in [0.1, 0.15) is 46.4 Å². The molecular formula is C26H29N3O2S. The summed E-state index contributed by atoms with van der Waals surface area (Å²) in [6.07, 6.45) is 4.70. The predicted molar refractivity (Wildman–Crippen MR) is 129 cm³/mol. The van der Waals surface area contributed by atoms with Crippen LogP contribution in [-0.2, 0) is 17.6 Å². The number of likely N-dealkylation sites (tertiary alicyclic amines) is 1. The molecule has 1 N–H and O–H groups in total. The quantitative estimate of drug-likeness (QED) is 0.547. The molecule has 5 nitrogen and oxygen atoms in total. The first-order chi connectivity index (χ1) is 15.6. The number of aromatic nitrogens is 1. The molecule has 0 radical (unpaired) electrons. The number of carbonyl (C=O) groups excluding carboxylic acids is 2. The number of hydrogen-bond acceptors (Lipinski definition) is 4. The Morgan fingerprint density at radius 1 is 1.06 bits per heavy atom. The number of nitrogens with one attached hydrogen (secondary N) is 1. The van der Waals surface area contributed by atoms with Crippen LogP contribution in [-0.4, -0.2) is 34.8 Å². The molecule has 1 saturated heterocycles. The summed E-state index contributed by atoms with van der Waals surface area (Å²) in [4.78, 5) is 31.4. The van der Waals surface area contributed by atoms with E-state index in [0.29, 0.717) is 22.3 Å². The molecule has 0 aliphatic carbocycles. The van der Waals surface area contributed by atoms with Gasteiger partial charge in [-0.1, -0.05) is 48.0 Å². The zero-order valence-corrected chi connectivity index (χ0v) is 19.2. The van der Waals surface area contributed by atoms with E-state index in [4.69, 9.17) is 0 Å². The van der Waals surface area contributed by atoms with E-state index in [1.54, 1.807) is 12.1 Å². The molecule has 32 heavy (non-hydrogen) atoms. The van der Waals surface area contributed by atoms with Gasteiger partial charge in [0.25, 0.3) is 5.91 Å². The molecule has 2 aromatic carbocycles. The number of anilines is 1. The molecule has 0 saturated carbocycles. The fraction of sp³-hybridized carbons (Fsp3) is 0.346. The summed E-state index contributed by atoms with van der Waals surface area (Å²) < 4.78 is 0. The van der Waals surface area contributed by atoms with Gasteiger partial charge in [-0.3, -0.25) is 14.9 Å². The highest BCUT2D eigenvalue weighted by Gasteiger charge is 2.23. The van der Waals surface area contributed by atoms with E-state index in [-0.39, 0.29) is 18.2 Å². The molecule has 6 heteroatoms. The van der Waals surface area contributed by atoms with E-state index < -0.39 is 0 Å². The van der Waals surface area contributed by atoms with Gasteiger partial charge < -0.3 is 4.90 Å². The smallest absolute Gasteiger partial charge is 0.257 e. The lowest BCUT2D eigenvalue weighted by atomic mass is 9.90. The van der Waals surface area contributed by atoms with Gasteiger partial charge in [-0.2, -0.15) is 0 Å². The van der Waals surface area contributed by atoms with E-state index in [9.17, 15) is 9.59 Å². The molecule has 166 valence electrons. The third kappa shape index (κ3) is 6.04. The molecule has 1 aromatic heterocycles. The van der Waals surface area contributed by atoms with Gasteiger partial charge in [0.2, 0.25) is 5.91 Å². The van der Waals surface area contributed by atoms with E-state index in [1.165, 1.54) is 28.9 Å². The average Bonchev–Trinajstić information content (AvgIpc) is 3.26. The van der Waals surface area contributed by atoms with Crippen LogP contribution in [0.15, 0.2) is 60.0 Å². The summed E-state index contributed by atoms with van der Waals surface area (Å²) in [5, 5.41) is 5.19. The van der Waals surface area contributed by atoms with Gasteiger partial charge in [0.05, 0.1) is 12.1 Å². The van der Waals surface area contributed by atoms with Crippen LogP contribution in [0.4, 0.5) is 5.13 Å². The maximum atomic E-state index is 12.7. The number of benzene rings is 2. The average molecular weight is 448 g/mol. The third-order valence-electron chi connectivity index (χ3n) is 6.07. The monoisotopic (exact) mass is 447 g/mol. The number of thiazole rings is 1. The highest BCUT2D eigenvalue weighted by atomic mass is 32.1. The van der Waals surface area contributed by atoms with Crippen molar-refractivity contribution in [2.45, 2.75) is 39.0 Å². The van der Waals surface area contributed by atoms with Crippen molar-refractivity contribution < 1.29 is 9.59 Å². The topological polar surface area (TPSA) is 62.3 Å².